The summed E-state index contributed by atoms with van der Waals surface area (Å²) in [7, 11) is 0. The van der Waals surface area contributed by atoms with E-state index >= 15 is 0 Å². The molecule has 1 amide bonds. The molecule has 0 aliphatic heterocycles. The molecule has 0 radical (unpaired) electrons. The van der Waals surface area contributed by atoms with Crippen molar-refractivity contribution in [3.63, 3.8) is 0 Å². The molecular formula is C18H15BrN4O. The third-order valence-corrected chi connectivity index (χ3v) is 3.85. The van der Waals surface area contributed by atoms with Crippen LogP contribution < -0.4 is 10.6 Å². The molecule has 0 aliphatic carbocycles. The second-order valence-electron chi connectivity index (χ2n) is 5.26. The summed E-state index contributed by atoms with van der Waals surface area (Å²) in [4.78, 5) is 12.2. The van der Waals surface area contributed by atoms with Gasteiger partial charge in [-0.1, -0.05) is 33.6 Å². The Bertz CT molecular complexity index is 830. The number of benzene rings is 2. The van der Waals surface area contributed by atoms with Crippen molar-refractivity contribution in [2.24, 2.45) is 0 Å². The lowest BCUT2D eigenvalue weighted by Crippen LogP contribution is -2.14. The van der Waals surface area contributed by atoms with Gasteiger partial charge in [0.05, 0.1) is 0 Å². The smallest absolute Gasteiger partial charge is 0.276 e. The number of carbonyl (C=O) groups excluding carboxylic acids is 1. The summed E-state index contributed by atoms with van der Waals surface area (Å²) < 4.78 is 0.951. The number of halogens is 1. The Labute approximate surface area is 148 Å². The number of aryl methyl sites for hydroxylation is 1. The highest BCUT2D eigenvalue weighted by atomic mass is 79.9. The fourth-order valence-corrected chi connectivity index (χ4v) is 2.30. The topological polar surface area (TPSA) is 66.9 Å². The lowest BCUT2D eigenvalue weighted by atomic mass is 10.2. The highest BCUT2D eigenvalue weighted by Gasteiger charge is 2.08. The van der Waals surface area contributed by atoms with Crippen molar-refractivity contribution in [2.75, 3.05) is 10.6 Å². The SMILES string of the molecule is Cc1ccc(Nc2ccc(C(=O)Nc3ccc(Br)cc3)nn2)cc1. The Hall–Kier alpha value is -2.73. The van der Waals surface area contributed by atoms with Gasteiger partial charge in [0, 0.05) is 15.8 Å². The van der Waals surface area contributed by atoms with E-state index in [1.54, 1.807) is 12.1 Å². The second kappa shape index (κ2) is 7.23. The van der Waals surface area contributed by atoms with Gasteiger partial charge in [0.15, 0.2) is 11.5 Å². The third kappa shape index (κ3) is 4.17. The van der Waals surface area contributed by atoms with Crippen LogP contribution >= 0.6 is 15.9 Å². The highest BCUT2D eigenvalue weighted by molar-refractivity contribution is 9.10. The quantitative estimate of drug-likeness (QED) is 0.694. The molecule has 0 fully saturated rings. The van der Waals surface area contributed by atoms with Crippen LogP contribution in [0.25, 0.3) is 0 Å². The van der Waals surface area contributed by atoms with Crippen molar-refractivity contribution in [3.8, 4) is 0 Å². The van der Waals surface area contributed by atoms with Gasteiger partial charge < -0.3 is 10.6 Å². The average molecular weight is 383 g/mol. The predicted molar refractivity (Wildman–Crippen MR) is 98.6 cm³/mol. The number of nitrogens with one attached hydrogen (secondary N) is 2. The van der Waals surface area contributed by atoms with E-state index in [9.17, 15) is 4.79 Å². The predicted octanol–water partition coefficient (Wildman–Crippen LogP) is 4.54. The van der Waals surface area contributed by atoms with Crippen LogP contribution in [0.5, 0.6) is 0 Å². The van der Waals surface area contributed by atoms with Gasteiger partial charge in [-0.05, 0) is 55.5 Å². The van der Waals surface area contributed by atoms with Crippen LogP contribution in [0.4, 0.5) is 17.2 Å². The number of hydrogen-bond acceptors (Lipinski definition) is 4. The lowest BCUT2D eigenvalue weighted by molar-refractivity contribution is 0.102. The standard InChI is InChI=1S/C18H15BrN4O/c1-12-2-6-14(7-3-12)20-17-11-10-16(22-23-17)18(24)21-15-8-4-13(19)5-9-15/h2-11H,1H3,(H,20,23)(H,21,24). The first-order valence-electron chi connectivity index (χ1n) is 7.34. The van der Waals surface area contributed by atoms with Crippen LogP contribution in [-0.2, 0) is 0 Å². The lowest BCUT2D eigenvalue weighted by Gasteiger charge is -2.07. The molecule has 2 N–H and O–H groups in total. The zero-order valence-corrected chi connectivity index (χ0v) is 14.5. The summed E-state index contributed by atoms with van der Waals surface area (Å²) in [6, 6.07) is 18.6. The Kier molecular flexibility index (Phi) is 4.86. The summed E-state index contributed by atoms with van der Waals surface area (Å²) in [6.07, 6.45) is 0. The van der Waals surface area contributed by atoms with Gasteiger partial charge in [0.1, 0.15) is 0 Å². The molecule has 0 aliphatic rings. The summed E-state index contributed by atoms with van der Waals surface area (Å²) >= 11 is 3.35. The van der Waals surface area contributed by atoms with Gasteiger partial charge in [-0.25, -0.2) is 0 Å². The summed E-state index contributed by atoms with van der Waals surface area (Å²) in [6.45, 7) is 2.03. The van der Waals surface area contributed by atoms with Crippen molar-refractivity contribution in [1.82, 2.24) is 10.2 Å². The van der Waals surface area contributed by atoms with Crippen LogP contribution in [0, 0.1) is 6.92 Å². The first kappa shape index (κ1) is 16.1. The van der Waals surface area contributed by atoms with Gasteiger partial charge in [0.2, 0.25) is 0 Å². The van der Waals surface area contributed by atoms with E-state index in [1.165, 1.54) is 5.56 Å². The molecule has 2 aromatic carbocycles. The van der Waals surface area contributed by atoms with E-state index in [2.05, 4.69) is 36.8 Å². The van der Waals surface area contributed by atoms with Crippen LogP contribution in [0.15, 0.2) is 65.1 Å². The van der Waals surface area contributed by atoms with E-state index < -0.39 is 0 Å². The average Bonchev–Trinajstić information content (AvgIpc) is 2.59. The molecule has 0 atom stereocenters. The molecule has 1 heterocycles. The van der Waals surface area contributed by atoms with Gasteiger partial charge >= 0.3 is 0 Å². The van der Waals surface area contributed by atoms with Crippen molar-refractivity contribution in [1.29, 1.82) is 0 Å². The number of rotatable bonds is 4. The van der Waals surface area contributed by atoms with E-state index in [4.69, 9.17) is 0 Å². The van der Waals surface area contributed by atoms with Gasteiger partial charge in [-0.15, -0.1) is 10.2 Å². The van der Waals surface area contributed by atoms with Crippen LogP contribution in [0.1, 0.15) is 16.1 Å². The van der Waals surface area contributed by atoms with E-state index in [1.807, 2.05) is 55.5 Å². The molecule has 3 rings (SSSR count). The Morgan fingerprint density at radius 1 is 0.875 bits per heavy atom. The molecular weight excluding hydrogens is 368 g/mol. The van der Waals surface area contributed by atoms with Crippen LogP contribution in [-0.4, -0.2) is 16.1 Å². The Morgan fingerprint density at radius 3 is 2.17 bits per heavy atom. The molecule has 120 valence electrons. The number of carbonyl (C=O) groups is 1. The summed E-state index contributed by atoms with van der Waals surface area (Å²) in [5, 5.41) is 13.9. The molecule has 0 unspecified atom stereocenters. The van der Waals surface area contributed by atoms with E-state index in [-0.39, 0.29) is 11.6 Å². The van der Waals surface area contributed by atoms with Gasteiger partial charge in [-0.2, -0.15) is 0 Å². The molecule has 5 nitrogen and oxygen atoms in total. The molecule has 0 spiro atoms. The minimum absolute atomic E-state index is 0.257. The number of hydrogen-bond donors (Lipinski definition) is 2. The first-order chi connectivity index (χ1) is 11.6. The van der Waals surface area contributed by atoms with E-state index in [0.29, 0.717) is 11.5 Å². The number of amides is 1. The maximum atomic E-state index is 12.2. The highest BCUT2D eigenvalue weighted by Crippen LogP contribution is 2.16. The first-order valence-corrected chi connectivity index (χ1v) is 8.14. The van der Waals surface area contributed by atoms with Crippen molar-refractivity contribution in [3.05, 3.63) is 76.4 Å². The van der Waals surface area contributed by atoms with Crippen molar-refractivity contribution >= 4 is 39.0 Å². The normalized spacial score (nSPS) is 10.2. The Morgan fingerprint density at radius 2 is 1.54 bits per heavy atom. The van der Waals surface area contributed by atoms with Crippen LogP contribution in [0.2, 0.25) is 0 Å². The fourth-order valence-electron chi connectivity index (χ4n) is 2.03. The third-order valence-electron chi connectivity index (χ3n) is 3.32. The molecule has 0 bridgehead atoms. The number of aromatic nitrogens is 2. The minimum atomic E-state index is -0.299. The summed E-state index contributed by atoms with van der Waals surface area (Å²) in [5.74, 6) is 0.283. The minimum Gasteiger partial charge on any atom is -0.339 e. The van der Waals surface area contributed by atoms with Gasteiger partial charge in [-0.3, -0.25) is 4.79 Å². The van der Waals surface area contributed by atoms with Crippen molar-refractivity contribution < 1.29 is 4.79 Å². The molecule has 1 aromatic heterocycles. The largest absolute Gasteiger partial charge is 0.339 e. The fraction of sp³-hybridized carbons (Fsp3) is 0.0556. The zero-order valence-electron chi connectivity index (χ0n) is 13.0. The molecule has 6 heteroatoms. The molecule has 0 saturated heterocycles. The Balaban J connectivity index is 1.66. The maximum Gasteiger partial charge on any atom is 0.276 e. The van der Waals surface area contributed by atoms with Crippen molar-refractivity contribution in [2.45, 2.75) is 6.92 Å². The van der Waals surface area contributed by atoms with E-state index in [0.717, 1.165) is 10.2 Å². The zero-order chi connectivity index (χ0) is 16.9. The molecule has 24 heavy (non-hydrogen) atoms. The number of anilines is 3. The van der Waals surface area contributed by atoms with Crippen LogP contribution in [0.3, 0.4) is 0 Å². The number of nitrogens with zero attached hydrogens (tertiary/aromatic N) is 2. The summed E-state index contributed by atoms with van der Waals surface area (Å²) in [5.41, 5.74) is 3.06. The maximum absolute atomic E-state index is 12.2. The monoisotopic (exact) mass is 382 g/mol. The second-order valence-corrected chi connectivity index (χ2v) is 6.17. The molecule has 0 saturated carbocycles. The van der Waals surface area contributed by atoms with Gasteiger partial charge in [0.25, 0.3) is 5.91 Å². The molecule has 3 aromatic rings.